The summed E-state index contributed by atoms with van der Waals surface area (Å²) in [7, 11) is 1.61. The maximum absolute atomic E-state index is 13.4. The zero-order chi connectivity index (χ0) is 20.4. The fraction of sp³-hybridized carbons (Fsp3) is 0.0435. The average molecular weight is 512 g/mol. The maximum Gasteiger partial charge on any atom is 0.282 e. The molecule has 3 aromatic rings. The summed E-state index contributed by atoms with van der Waals surface area (Å²) in [4.78, 5) is 19.7. The van der Waals surface area contributed by atoms with Gasteiger partial charge in [-0.25, -0.2) is 4.99 Å². The SMILES string of the molecule is COc1ccccc1C1=N/C(=C/c2cccc(Br)c2)C(=O)N1c1cccc(Br)c1. The molecule has 0 bridgehead atoms. The molecule has 0 atom stereocenters. The van der Waals surface area contributed by atoms with Crippen LogP contribution in [0.4, 0.5) is 5.69 Å². The van der Waals surface area contributed by atoms with E-state index >= 15 is 0 Å². The molecule has 4 nitrogen and oxygen atoms in total. The molecule has 0 aromatic heterocycles. The lowest BCUT2D eigenvalue weighted by molar-refractivity contribution is -0.113. The molecule has 0 radical (unpaired) electrons. The van der Waals surface area contributed by atoms with Gasteiger partial charge in [-0.3, -0.25) is 9.69 Å². The van der Waals surface area contributed by atoms with Gasteiger partial charge in [0.25, 0.3) is 5.91 Å². The number of ether oxygens (including phenoxy) is 1. The summed E-state index contributed by atoms with van der Waals surface area (Å²) >= 11 is 6.96. The largest absolute Gasteiger partial charge is 0.496 e. The van der Waals surface area contributed by atoms with E-state index in [1.807, 2.05) is 72.8 Å². The van der Waals surface area contributed by atoms with Crippen molar-refractivity contribution in [1.29, 1.82) is 0 Å². The normalized spacial score (nSPS) is 15.0. The van der Waals surface area contributed by atoms with E-state index in [1.54, 1.807) is 18.1 Å². The van der Waals surface area contributed by atoms with E-state index in [-0.39, 0.29) is 5.91 Å². The van der Waals surface area contributed by atoms with Crippen molar-refractivity contribution in [3.8, 4) is 5.75 Å². The zero-order valence-electron chi connectivity index (χ0n) is 15.5. The summed E-state index contributed by atoms with van der Waals surface area (Å²) in [6.45, 7) is 0. The van der Waals surface area contributed by atoms with Crippen LogP contribution in [-0.2, 0) is 4.79 Å². The van der Waals surface area contributed by atoms with E-state index in [0.717, 1.165) is 25.8 Å². The average Bonchev–Trinajstić information content (AvgIpc) is 3.04. The minimum atomic E-state index is -0.191. The number of aliphatic imine (C=N–C) groups is 1. The standard InChI is InChI=1S/C23H16Br2N2O2/c1-29-21-11-3-2-10-19(21)22-26-20(13-15-6-4-7-16(24)12-15)23(28)27(22)18-9-5-8-17(25)14-18/h2-14H,1H3/b20-13+. The Kier molecular flexibility index (Phi) is 5.65. The van der Waals surface area contributed by atoms with Gasteiger partial charge in [-0.1, -0.05) is 62.2 Å². The lowest BCUT2D eigenvalue weighted by atomic mass is 10.1. The minimum absolute atomic E-state index is 0.191. The van der Waals surface area contributed by atoms with Gasteiger partial charge in [-0.05, 0) is 54.1 Å². The number of amidine groups is 1. The van der Waals surface area contributed by atoms with Crippen LogP contribution in [0.3, 0.4) is 0 Å². The molecule has 0 aliphatic carbocycles. The maximum atomic E-state index is 13.4. The molecule has 1 heterocycles. The van der Waals surface area contributed by atoms with Gasteiger partial charge in [0.05, 0.1) is 18.4 Å². The number of carbonyl (C=O) groups is 1. The number of nitrogens with zero attached hydrogens (tertiary/aromatic N) is 2. The molecule has 1 aliphatic rings. The summed E-state index contributed by atoms with van der Waals surface area (Å²) in [5.74, 6) is 0.999. The third-order valence-corrected chi connectivity index (χ3v) is 5.41. The third kappa shape index (κ3) is 4.04. The number of hydrogen-bond acceptors (Lipinski definition) is 3. The van der Waals surface area contributed by atoms with Crippen LogP contribution in [0.5, 0.6) is 5.75 Å². The van der Waals surface area contributed by atoms with Crippen molar-refractivity contribution in [2.24, 2.45) is 4.99 Å². The highest BCUT2D eigenvalue weighted by atomic mass is 79.9. The van der Waals surface area contributed by atoms with Crippen LogP contribution in [-0.4, -0.2) is 18.9 Å². The summed E-state index contributed by atoms with van der Waals surface area (Å²) in [6, 6.07) is 22.9. The number of hydrogen-bond donors (Lipinski definition) is 0. The fourth-order valence-corrected chi connectivity index (χ4v) is 3.94. The van der Waals surface area contributed by atoms with Gasteiger partial charge in [0.1, 0.15) is 11.4 Å². The summed E-state index contributed by atoms with van der Waals surface area (Å²) in [5.41, 5.74) is 2.73. The van der Waals surface area contributed by atoms with Crippen molar-refractivity contribution < 1.29 is 9.53 Å². The van der Waals surface area contributed by atoms with Gasteiger partial charge in [0, 0.05) is 8.95 Å². The third-order valence-electron chi connectivity index (χ3n) is 4.43. The molecule has 4 rings (SSSR count). The fourth-order valence-electron chi connectivity index (χ4n) is 3.14. The second-order valence-corrected chi connectivity index (χ2v) is 8.17. The zero-order valence-corrected chi connectivity index (χ0v) is 18.6. The Hall–Kier alpha value is -2.70. The highest BCUT2D eigenvalue weighted by Crippen LogP contribution is 2.32. The minimum Gasteiger partial charge on any atom is -0.496 e. The number of para-hydroxylation sites is 1. The van der Waals surface area contributed by atoms with Crippen molar-refractivity contribution in [2.75, 3.05) is 12.0 Å². The molecule has 1 aliphatic heterocycles. The first-order valence-corrected chi connectivity index (χ1v) is 10.4. The Morgan fingerprint density at radius 3 is 2.38 bits per heavy atom. The first-order valence-electron chi connectivity index (χ1n) is 8.86. The second kappa shape index (κ2) is 8.35. The quantitative estimate of drug-likeness (QED) is 0.400. The van der Waals surface area contributed by atoms with Crippen LogP contribution in [0.1, 0.15) is 11.1 Å². The van der Waals surface area contributed by atoms with Crippen molar-refractivity contribution in [3.05, 3.63) is 98.6 Å². The molecule has 0 fully saturated rings. The Morgan fingerprint density at radius 1 is 0.931 bits per heavy atom. The predicted octanol–water partition coefficient (Wildman–Crippen LogP) is 6.05. The van der Waals surface area contributed by atoms with Gasteiger partial charge < -0.3 is 4.74 Å². The summed E-state index contributed by atoms with van der Waals surface area (Å²) < 4.78 is 7.34. The van der Waals surface area contributed by atoms with Gasteiger partial charge in [-0.2, -0.15) is 0 Å². The molecular formula is C23H16Br2N2O2. The molecule has 3 aromatic carbocycles. The predicted molar refractivity (Wildman–Crippen MR) is 123 cm³/mol. The van der Waals surface area contributed by atoms with Crippen LogP contribution in [0.2, 0.25) is 0 Å². The van der Waals surface area contributed by atoms with E-state index < -0.39 is 0 Å². The molecule has 0 spiro atoms. The Bertz CT molecular complexity index is 1150. The van der Waals surface area contributed by atoms with Crippen molar-refractivity contribution >= 4 is 55.4 Å². The number of anilines is 1. The van der Waals surface area contributed by atoms with Crippen LogP contribution in [0.15, 0.2) is 92.4 Å². The molecule has 0 unspecified atom stereocenters. The number of rotatable bonds is 4. The van der Waals surface area contributed by atoms with Crippen molar-refractivity contribution in [3.63, 3.8) is 0 Å². The Balaban J connectivity index is 1.88. The smallest absolute Gasteiger partial charge is 0.282 e. The van der Waals surface area contributed by atoms with E-state index in [4.69, 9.17) is 9.73 Å². The topological polar surface area (TPSA) is 41.9 Å². The monoisotopic (exact) mass is 510 g/mol. The Morgan fingerprint density at radius 2 is 1.66 bits per heavy atom. The molecule has 29 heavy (non-hydrogen) atoms. The van der Waals surface area contributed by atoms with Crippen molar-refractivity contribution in [1.82, 2.24) is 0 Å². The van der Waals surface area contributed by atoms with Crippen LogP contribution < -0.4 is 9.64 Å². The van der Waals surface area contributed by atoms with E-state index in [9.17, 15) is 4.79 Å². The number of carbonyl (C=O) groups excluding carboxylic acids is 1. The summed E-state index contributed by atoms with van der Waals surface area (Å²) in [5, 5.41) is 0. The first-order chi connectivity index (χ1) is 14.1. The molecule has 144 valence electrons. The molecular weight excluding hydrogens is 496 g/mol. The lowest BCUT2D eigenvalue weighted by Crippen LogP contribution is -2.32. The second-order valence-electron chi connectivity index (χ2n) is 6.34. The van der Waals surface area contributed by atoms with Gasteiger partial charge in [0.15, 0.2) is 5.84 Å². The molecule has 6 heteroatoms. The molecule has 0 saturated heterocycles. The van der Waals surface area contributed by atoms with Gasteiger partial charge >= 0.3 is 0 Å². The first kappa shape index (κ1) is 19.6. The highest BCUT2D eigenvalue weighted by Gasteiger charge is 2.33. The number of methoxy groups -OCH3 is 1. The Labute approximate surface area is 185 Å². The van der Waals surface area contributed by atoms with Crippen LogP contribution >= 0.6 is 31.9 Å². The van der Waals surface area contributed by atoms with Crippen LogP contribution in [0, 0.1) is 0 Å². The molecule has 1 amide bonds. The number of amides is 1. The van der Waals surface area contributed by atoms with Gasteiger partial charge in [0.2, 0.25) is 0 Å². The molecule has 0 saturated carbocycles. The number of benzene rings is 3. The number of halogens is 2. The lowest BCUT2D eigenvalue weighted by Gasteiger charge is -2.20. The molecule has 0 N–H and O–H groups in total. The highest BCUT2D eigenvalue weighted by molar-refractivity contribution is 9.10. The van der Waals surface area contributed by atoms with E-state index in [1.165, 1.54) is 0 Å². The van der Waals surface area contributed by atoms with Crippen LogP contribution in [0.25, 0.3) is 6.08 Å². The van der Waals surface area contributed by atoms with E-state index in [0.29, 0.717) is 17.3 Å². The van der Waals surface area contributed by atoms with Crippen molar-refractivity contribution in [2.45, 2.75) is 0 Å². The van der Waals surface area contributed by atoms with Gasteiger partial charge in [-0.15, -0.1) is 0 Å². The van der Waals surface area contributed by atoms with E-state index in [2.05, 4.69) is 31.9 Å². The summed E-state index contributed by atoms with van der Waals surface area (Å²) in [6.07, 6.45) is 1.79.